The zero-order chi connectivity index (χ0) is 11.4. The SMILES string of the molecule is CCC(=O)OCCc1cccc2[nH]ccc12. The molecule has 3 nitrogen and oxygen atoms in total. The number of fused-ring (bicyclic) bond motifs is 1. The first-order valence-electron chi connectivity index (χ1n) is 5.52. The fraction of sp³-hybridized carbons (Fsp3) is 0.308. The molecule has 0 radical (unpaired) electrons. The molecule has 3 heteroatoms. The summed E-state index contributed by atoms with van der Waals surface area (Å²) < 4.78 is 5.07. The van der Waals surface area contributed by atoms with Gasteiger partial charge in [0.15, 0.2) is 0 Å². The fourth-order valence-corrected chi connectivity index (χ4v) is 1.75. The third-order valence-corrected chi connectivity index (χ3v) is 2.61. The number of aromatic nitrogens is 1. The van der Waals surface area contributed by atoms with Gasteiger partial charge in [-0.25, -0.2) is 0 Å². The Bertz CT molecular complexity index is 487. The summed E-state index contributed by atoms with van der Waals surface area (Å²) in [6.07, 6.45) is 3.13. The van der Waals surface area contributed by atoms with Crippen molar-refractivity contribution in [2.75, 3.05) is 6.61 Å². The molecule has 1 N–H and O–H groups in total. The molecule has 84 valence electrons. The number of benzene rings is 1. The van der Waals surface area contributed by atoms with Crippen LogP contribution in [0.5, 0.6) is 0 Å². The fourth-order valence-electron chi connectivity index (χ4n) is 1.75. The smallest absolute Gasteiger partial charge is 0.305 e. The maximum atomic E-state index is 11.0. The van der Waals surface area contributed by atoms with Crippen LogP contribution in [0.25, 0.3) is 10.9 Å². The lowest BCUT2D eigenvalue weighted by atomic mass is 10.1. The lowest BCUT2D eigenvalue weighted by Gasteiger charge is -2.04. The summed E-state index contributed by atoms with van der Waals surface area (Å²) in [6.45, 7) is 2.26. The van der Waals surface area contributed by atoms with Gasteiger partial charge in [0.2, 0.25) is 0 Å². The van der Waals surface area contributed by atoms with E-state index < -0.39 is 0 Å². The van der Waals surface area contributed by atoms with Crippen LogP contribution in [0.15, 0.2) is 30.5 Å². The number of aromatic amines is 1. The van der Waals surface area contributed by atoms with Crippen molar-refractivity contribution < 1.29 is 9.53 Å². The molecule has 1 heterocycles. The Kier molecular flexibility index (Phi) is 3.25. The first-order chi connectivity index (χ1) is 7.81. The third-order valence-electron chi connectivity index (χ3n) is 2.61. The molecule has 1 aromatic carbocycles. The van der Waals surface area contributed by atoms with Gasteiger partial charge in [-0.3, -0.25) is 4.79 Å². The van der Waals surface area contributed by atoms with Crippen molar-refractivity contribution >= 4 is 16.9 Å². The standard InChI is InChI=1S/C13H15NO2/c1-2-13(15)16-9-7-10-4-3-5-12-11(10)6-8-14-12/h3-6,8,14H,2,7,9H2,1H3. The minimum atomic E-state index is -0.138. The highest BCUT2D eigenvalue weighted by Gasteiger charge is 2.03. The molecule has 2 rings (SSSR count). The molecular formula is C13H15NO2. The van der Waals surface area contributed by atoms with Gasteiger partial charge in [0.25, 0.3) is 0 Å². The zero-order valence-electron chi connectivity index (χ0n) is 9.32. The van der Waals surface area contributed by atoms with Crippen molar-refractivity contribution in [3.63, 3.8) is 0 Å². The molecule has 0 bridgehead atoms. The van der Waals surface area contributed by atoms with E-state index in [1.165, 1.54) is 10.9 Å². The third kappa shape index (κ3) is 2.24. The van der Waals surface area contributed by atoms with Gasteiger partial charge in [-0.2, -0.15) is 0 Å². The van der Waals surface area contributed by atoms with E-state index in [2.05, 4.69) is 11.1 Å². The highest BCUT2D eigenvalue weighted by molar-refractivity contribution is 5.82. The molecule has 2 aromatic rings. The summed E-state index contributed by atoms with van der Waals surface area (Å²) in [5, 5.41) is 1.20. The van der Waals surface area contributed by atoms with Crippen LogP contribution in [0.4, 0.5) is 0 Å². The molecule has 16 heavy (non-hydrogen) atoms. The monoisotopic (exact) mass is 217 g/mol. The van der Waals surface area contributed by atoms with Gasteiger partial charge in [0, 0.05) is 29.9 Å². The van der Waals surface area contributed by atoms with E-state index in [4.69, 9.17) is 4.74 Å². The van der Waals surface area contributed by atoms with Gasteiger partial charge in [0.05, 0.1) is 6.61 Å². The van der Waals surface area contributed by atoms with Gasteiger partial charge >= 0.3 is 5.97 Å². The van der Waals surface area contributed by atoms with Crippen molar-refractivity contribution in [3.8, 4) is 0 Å². The quantitative estimate of drug-likeness (QED) is 0.800. The van der Waals surface area contributed by atoms with E-state index in [0.29, 0.717) is 13.0 Å². The second kappa shape index (κ2) is 4.84. The molecule has 0 unspecified atom stereocenters. The number of esters is 1. The summed E-state index contributed by atoms with van der Waals surface area (Å²) in [7, 11) is 0. The average molecular weight is 217 g/mol. The maximum Gasteiger partial charge on any atom is 0.305 e. The maximum absolute atomic E-state index is 11.0. The Morgan fingerprint density at radius 1 is 1.38 bits per heavy atom. The van der Waals surface area contributed by atoms with Crippen LogP contribution in [0.1, 0.15) is 18.9 Å². The van der Waals surface area contributed by atoms with E-state index in [1.807, 2.05) is 24.4 Å². The largest absolute Gasteiger partial charge is 0.465 e. The van der Waals surface area contributed by atoms with Gasteiger partial charge in [-0.05, 0) is 17.7 Å². The van der Waals surface area contributed by atoms with Crippen LogP contribution in [-0.2, 0) is 16.0 Å². The molecule has 0 fully saturated rings. The first kappa shape index (κ1) is 10.7. The molecule has 0 aliphatic rings. The van der Waals surface area contributed by atoms with Gasteiger partial charge in [-0.15, -0.1) is 0 Å². The van der Waals surface area contributed by atoms with Crippen LogP contribution in [0.3, 0.4) is 0 Å². The van der Waals surface area contributed by atoms with Gasteiger partial charge < -0.3 is 9.72 Å². The molecule has 0 aliphatic heterocycles. The van der Waals surface area contributed by atoms with Crippen LogP contribution >= 0.6 is 0 Å². The highest BCUT2D eigenvalue weighted by atomic mass is 16.5. The second-order valence-electron chi connectivity index (χ2n) is 3.68. The Hall–Kier alpha value is -1.77. The first-order valence-corrected chi connectivity index (χ1v) is 5.52. The number of hydrogen-bond acceptors (Lipinski definition) is 2. The number of H-pyrrole nitrogens is 1. The number of ether oxygens (including phenoxy) is 1. The predicted molar refractivity (Wildman–Crippen MR) is 63.3 cm³/mol. The summed E-state index contributed by atoms with van der Waals surface area (Å²) in [6, 6.07) is 8.16. The summed E-state index contributed by atoms with van der Waals surface area (Å²) in [4.78, 5) is 14.1. The number of hydrogen-bond donors (Lipinski definition) is 1. The van der Waals surface area contributed by atoms with E-state index in [1.54, 1.807) is 6.92 Å². The normalized spacial score (nSPS) is 10.6. The number of rotatable bonds is 4. The van der Waals surface area contributed by atoms with E-state index in [0.717, 1.165) is 11.9 Å². The second-order valence-corrected chi connectivity index (χ2v) is 3.68. The van der Waals surface area contributed by atoms with Crippen molar-refractivity contribution in [2.45, 2.75) is 19.8 Å². The van der Waals surface area contributed by atoms with Crippen LogP contribution in [0, 0.1) is 0 Å². The van der Waals surface area contributed by atoms with Crippen LogP contribution in [-0.4, -0.2) is 17.6 Å². The van der Waals surface area contributed by atoms with Crippen molar-refractivity contribution in [2.24, 2.45) is 0 Å². The Morgan fingerprint density at radius 3 is 3.06 bits per heavy atom. The highest BCUT2D eigenvalue weighted by Crippen LogP contribution is 2.17. The molecule has 0 aliphatic carbocycles. The van der Waals surface area contributed by atoms with Crippen molar-refractivity contribution in [1.82, 2.24) is 4.98 Å². The van der Waals surface area contributed by atoms with Crippen molar-refractivity contribution in [1.29, 1.82) is 0 Å². The minimum Gasteiger partial charge on any atom is -0.465 e. The average Bonchev–Trinajstić information content (AvgIpc) is 2.77. The Balaban J connectivity index is 2.04. The van der Waals surface area contributed by atoms with Gasteiger partial charge in [-0.1, -0.05) is 19.1 Å². The number of carbonyl (C=O) groups is 1. The summed E-state index contributed by atoms with van der Waals surface area (Å²) in [5.41, 5.74) is 2.34. The van der Waals surface area contributed by atoms with Crippen molar-refractivity contribution in [3.05, 3.63) is 36.0 Å². The summed E-state index contributed by atoms with van der Waals surface area (Å²) >= 11 is 0. The topological polar surface area (TPSA) is 42.1 Å². The number of nitrogens with one attached hydrogen (secondary N) is 1. The van der Waals surface area contributed by atoms with E-state index in [9.17, 15) is 4.79 Å². The zero-order valence-corrected chi connectivity index (χ0v) is 9.32. The lowest BCUT2D eigenvalue weighted by Crippen LogP contribution is -2.06. The molecular weight excluding hydrogens is 202 g/mol. The molecule has 0 amide bonds. The predicted octanol–water partition coefficient (Wildman–Crippen LogP) is 2.66. The van der Waals surface area contributed by atoms with Gasteiger partial charge in [0.1, 0.15) is 0 Å². The van der Waals surface area contributed by atoms with Crippen LogP contribution in [0.2, 0.25) is 0 Å². The molecule has 0 saturated carbocycles. The molecule has 0 spiro atoms. The van der Waals surface area contributed by atoms with E-state index >= 15 is 0 Å². The molecule has 0 atom stereocenters. The number of carbonyl (C=O) groups excluding carboxylic acids is 1. The molecule has 0 saturated heterocycles. The minimum absolute atomic E-state index is 0.138. The summed E-state index contributed by atoms with van der Waals surface area (Å²) in [5.74, 6) is -0.138. The Labute approximate surface area is 94.4 Å². The van der Waals surface area contributed by atoms with Crippen LogP contribution < -0.4 is 0 Å². The van der Waals surface area contributed by atoms with E-state index in [-0.39, 0.29) is 5.97 Å². The lowest BCUT2D eigenvalue weighted by molar-refractivity contribution is -0.143. The molecule has 1 aromatic heterocycles. The Morgan fingerprint density at radius 2 is 2.25 bits per heavy atom.